The molecule has 0 spiro atoms. The fourth-order valence-electron chi connectivity index (χ4n) is 1.81. The second kappa shape index (κ2) is 3.66. The number of hydrogen-bond acceptors (Lipinski definition) is 2. The molecule has 0 saturated heterocycles. The highest BCUT2D eigenvalue weighted by molar-refractivity contribution is 5.77. The first kappa shape index (κ1) is 10.2. The molecule has 0 unspecified atom stereocenters. The predicted octanol–water partition coefficient (Wildman–Crippen LogP) is 0.748. The van der Waals surface area contributed by atoms with Gasteiger partial charge in [-0.25, -0.2) is 0 Å². The first-order valence-electron chi connectivity index (χ1n) is 5.23. The second-order valence-corrected chi connectivity index (χ2v) is 4.45. The number of nitrogens with two attached hydrogens (primary N) is 2. The van der Waals surface area contributed by atoms with E-state index in [0.717, 1.165) is 30.4 Å². The summed E-state index contributed by atoms with van der Waals surface area (Å²) in [5.41, 5.74) is 13.4. The normalized spacial score (nSPS) is 17.4. The number of rotatable bonds is 4. The lowest BCUT2D eigenvalue weighted by Gasteiger charge is -2.12. The lowest BCUT2D eigenvalue weighted by Crippen LogP contribution is -2.25. The van der Waals surface area contributed by atoms with E-state index in [1.165, 1.54) is 0 Å². The molecule has 0 atom stereocenters. The molecule has 1 aliphatic rings. The minimum atomic E-state index is -0.288. The molecule has 1 fully saturated rings. The zero-order valence-electron chi connectivity index (χ0n) is 8.70. The van der Waals surface area contributed by atoms with Crippen LogP contribution in [0.2, 0.25) is 0 Å². The van der Waals surface area contributed by atoms with E-state index in [-0.39, 0.29) is 11.4 Å². The highest BCUT2D eigenvalue weighted by Crippen LogP contribution is 2.36. The standard InChI is InChI=1S/C12H16N2O/c13-11(15)7-9-3-1-2-4-10(9)8-12(14)5-6-12/h1-4H,5-8,14H2,(H2,13,15). The molecule has 1 aromatic carbocycles. The Hall–Kier alpha value is -1.35. The van der Waals surface area contributed by atoms with Crippen molar-refractivity contribution in [3.05, 3.63) is 35.4 Å². The lowest BCUT2D eigenvalue weighted by molar-refractivity contribution is -0.117. The quantitative estimate of drug-likeness (QED) is 0.759. The third-order valence-corrected chi connectivity index (χ3v) is 2.92. The Balaban J connectivity index is 2.17. The van der Waals surface area contributed by atoms with E-state index in [2.05, 4.69) is 0 Å². The zero-order valence-corrected chi connectivity index (χ0v) is 8.70. The van der Waals surface area contributed by atoms with Crippen LogP contribution < -0.4 is 11.5 Å². The Morgan fingerprint density at radius 3 is 2.40 bits per heavy atom. The highest BCUT2D eigenvalue weighted by Gasteiger charge is 2.38. The summed E-state index contributed by atoms with van der Waals surface area (Å²) in [5.74, 6) is -0.288. The van der Waals surface area contributed by atoms with Crippen molar-refractivity contribution in [1.29, 1.82) is 0 Å². The SMILES string of the molecule is NC(=O)Cc1ccccc1CC1(N)CC1. The second-order valence-electron chi connectivity index (χ2n) is 4.45. The minimum absolute atomic E-state index is 0.0201. The Morgan fingerprint density at radius 2 is 1.87 bits per heavy atom. The van der Waals surface area contributed by atoms with Crippen LogP contribution in [0.25, 0.3) is 0 Å². The molecule has 4 N–H and O–H groups in total. The number of benzene rings is 1. The van der Waals surface area contributed by atoms with Gasteiger partial charge in [0.25, 0.3) is 0 Å². The summed E-state index contributed by atoms with van der Waals surface area (Å²) in [4.78, 5) is 10.9. The van der Waals surface area contributed by atoms with E-state index >= 15 is 0 Å². The molecule has 3 heteroatoms. The van der Waals surface area contributed by atoms with Gasteiger partial charge in [-0.05, 0) is 30.4 Å². The van der Waals surface area contributed by atoms with Crippen LogP contribution in [0.3, 0.4) is 0 Å². The van der Waals surface area contributed by atoms with E-state index in [9.17, 15) is 4.79 Å². The fourth-order valence-corrected chi connectivity index (χ4v) is 1.81. The molecule has 1 aliphatic carbocycles. The predicted molar refractivity (Wildman–Crippen MR) is 59.2 cm³/mol. The Labute approximate surface area is 89.5 Å². The van der Waals surface area contributed by atoms with Crippen LogP contribution in [0.5, 0.6) is 0 Å². The zero-order chi connectivity index (χ0) is 10.9. The summed E-state index contributed by atoms with van der Waals surface area (Å²) in [6.45, 7) is 0. The van der Waals surface area contributed by atoms with Crippen molar-refractivity contribution in [1.82, 2.24) is 0 Å². The Morgan fingerprint density at radius 1 is 1.27 bits per heavy atom. The number of primary amides is 1. The molecule has 0 bridgehead atoms. The number of hydrogen-bond donors (Lipinski definition) is 2. The van der Waals surface area contributed by atoms with Crippen LogP contribution in [0, 0.1) is 0 Å². The molecule has 1 aromatic rings. The molecule has 2 rings (SSSR count). The van der Waals surface area contributed by atoms with Gasteiger partial charge in [0, 0.05) is 5.54 Å². The molecule has 0 aromatic heterocycles. The van der Waals surface area contributed by atoms with E-state index in [1.54, 1.807) is 0 Å². The molecule has 80 valence electrons. The van der Waals surface area contributed by atoms with Crippen LogP contribution in [0.4, 0.5) is 0 Å². The minimum Gasteiger partial charge on any atom is -0.369 e. The topological polar surface area (TPSA) is 69.1 Å². The summed E-state index contributed by atoms with van der Waals surface area (Å²) in [7, 11) is 0. The van der Waals surface area contributed by atoms with Crippen molar-refractivity contribution in [2.45, 2.75) is 31.2 Å². The van der Waals surface area contributed by atoms with Crippen molar-refractivity contribution in [2.24, 2.45) is 11.5 Å². The van der Waals surface area contributed by atoms with Crippen LogP contribution in [-0.2, 0) is 17.6 Å². The molecule has 0 radical (unpaired) electrons. The summed E-state index contributed by atoms with van der Waals surface area (Å²) in [6, 6.07) is 7.89. The average molecular weight is 204 g/mol. The first-order chi connectivity index (χ1) is 7.09. The van der Waals surface area contributed by atoms with Crippen molar-refractivity contribution in [3.63, 3.8) is 0 Å². The maximum atomic E-state index is 10.9. The molecule has 3 nitrogen and oxygen atoms in total. The van der Waals surface area contributed by atoms with Gasteiger partial charge in [-0.2, -0.15) is 0 Å². The van der Waals surface area contributed by atoms with Crippen LogP contribution in [-0.4, -0.2) is 11.4 Å². The van der Waals surface area contributed by atoms with Gasteiger partial charge >= 0.3 is 0 Å². The summed E-state index contributed by atoms with van der Waals surface area (Å²) in [5, 5.41) is 0. The summed E-state index contributed by atoms with van der Waals surface area (Å²) < 4.78 is 0. The van der Waals surface area contributed by atoms with Crippen molar-refractivity contribution < 1.29 is 4.79 Å². The van der Waals surface area contributed by atoms with Gasteiger partial charge in [-0.3, -0.25) is 4.79 Å². The van der Waals surface area contributed by atoms with Crippen molar-refractivity contribution in [3.8, 4) is 0 Å². The smallest absolute Gasteiger partial charge is 0.221 e. The molecule has 15 heavy (non-hydrogen) atoms. The van der Waals surface area contributed by atoms with E-state index < -0.39 is 0 Å². The van der Waals surface area contributed by atoms with Gasteiger partial charge in [0.05, 0.1) is 6.42 Å². The number of amides is 1. The first-order valence-corrected chi connectivity index (χ1v) is 5.23. The fraction of sp³-hybridized carbons (Fsp3) is 0.417. The molecule has 1 saturated carbocycles. The van der Waals surface area contributed by atoms with E-state index in [0.29, 0.717) is 6.42 Å². The molecular weight excluding hydrogens is 188 g/mol. The van der Waals surface area contributed by atoms with Gasteiger partial charge in [-0.15, -0.1) is 0 Å². The maximum absolute atomic E-state index is 10.9. The van der Waals surface area contributed by atoms with Gasteiger partial charge in [0.2, 0.25) is 5.91 Å². The third-order valence-electron chi connectivity index (χ3n) is 2.92. The maximum Gasteiger partial charge on any atom is 0.221 e. The highest BCUT2D eigenvalue weighted by atomic mass is 16.1. The summed E-state index contributed by atoms with van der Waals surface area (Å²) >= 11 is 0. The van der Waals surface area contributed by atoms with Crippen LogP contribution >= 0.6 is 0 Å². The van der Waals surface area contributed by atoms with Gasteiger partial charge in [0.15, 0.2) is 0 Å². The van der Waals surface area contributed by atoms with Crippen molar-refractivity contribution in [2.75, 3.05) is 0 Å². The lowest BCUT2D eigenvalue weighted by atomic mass is 9.97. The van der Waals surface area contributed by atoms with Crippen LogP contribution in [0.15, 0.2) is 24.3 Å². The van der Waals surface area contributed by atoms with Gasteiger partial charge in [-0.1, -0.05) is 24.3 Å². The average Bonchev–Trinajstić information content (AvgIpc) is 2.86. The number of carbonyl (C=O) groups excluding carboxylic acids is 1. The molecule has 0 heterocycles. The monoisotopic (exact) mass is 204 g/mol. The largest absolute Gasteiger partial charge is 0.369 e. The Bertz CT molecular complexity index is 383. The Kier molecular flexibility index (Phi) is 2.49. The number of carbonyl (C=O) groups is 1. The van der Waals surface area contributed by atoms with Gasteiger partial charge < -0.3 is 11.5 Å². The summed E-state index contributed by atoms with van der Waals surface area (Å²) in [6.07, 6.45) is 3.33. The van der Waals surface area contributed by atoms with Crippen molar-refractivity contribution >= 4 is 5.91 Å². The van der Waals surface area contributed by atoms with E-state index in [4.69, 9.17) is 11.5 Å². The van der Waals surface area contributed by atoms with Crippen LogP contribution in [0.1, 0.15) is 24.0 Å². The molecule has 0 aliphatic heterocycles. The third kappa shape index (κ3) is 2.57. The molecular formula is C12H16N2O. The molecule has 1 amide bonds. The van der Waals surface area contributed by atoms with Gasteiger partial charge in [0.1, 0.15) is 0 Å². The van der Waals surface area contributed by atoms with E-state index in [1.807, 2.05) is 24.3 Å².